The fraction of sp³-hybridized carbons (Fsp3) is 0.0833. The maximum absolute atomic E-state index is 9.43. The Morgan fingerprint density at radius 2 is 1.88 bits per heavy atom. The minimum Gasteiger partial charge on any atom is -0.439 e. The molecule has 0 bridgehead atoms. The minimum absolute atomic E-state index is 0.535. The van der Waals surface area contributed by atoms with Crippen LogP contribution in [0.3, 0.4) is 0 Å². The summed E-state index contributed by atoms with van der Waals surface area (Å²) in [7, 11) is 0.544. The largest absolute Gasteiger partial charge is 0.490 e. The zero-order chi connectivity index (χ0) is 12.1. The fourth-order valence-corrected chi connectivity index (χ4v) is 1.36. The van der Waals surface area contributed by atoms with Gasteiger partial charge >= 0.3 is 7.12 Å². The molecule has 17 heavy (non-hydrogen) atoms. The molecule has 86 valence electrons. The van der Waals surface area contributed by atoms with E-state index in [0.717, 1.165) is 0 Å². The first-order valence-corrected chi connectivity index (χ1v) is 5.19. The topological polar surface area (TPSA) is 51.6 Å². The third-order valence-corrected chi connectivity index (χ3v) is 2.25. The van der Waals surface area contributed by atoms with Crippen molar-refractivity contribution in [2.75, 3.05) is 7.11 Å². The Bertz CT molecular complexity index is 461. The highest BCUT2D eigenvalue weighted by molar-refractivity contribution is 6.59. The van der Waals surface area contributed by atoms with Crippen molar-refractivity contribution in [2.24, 2.45) is 0 Å². The Kier molecular flexibility index (Phi) is 3.75. The highest BCUT2D eigenvalue weighted by Crippen LogP contribution is 2.16. The summed E-state index contributed by atoms with van der Waals surface area (Å²) in [4.78, 5) is 4.05. The van der Waals surface area contributed by atoms with Gasteiger partial charge in [-0.05, 0) is 23.7 Å². The molecule has 0 unspecified atom stereocenters. The van der Waals surface area contributed by atoms with Crippen LogP contribution in [-0.4, -0.2) is 24.2 Å². The average Bonchev–Trinajstić information content (AvgIpc) is 2.40. The number of ether oxygens (including phenoxy) is 1. The van der Waals surface area contributed by atoms with Crippen LogP contribution in [-0.2, 0) is 4.65 Å². The lowest BCUT2D eigenvalue weighted by Crippen LogP contribution is -2.31. The molecule has 0 saturated heterocycles. The maximum atomic E-state index is 9.43. The smallest absolute Gasteiger partial charge is 0.439 e. The van der Waals surface area contributed by atoms with Gasteiger partial charge in [0.1, 0.15) is 5.75 Å². The van der Waals surface area contributed by atoms with Gasteiger partial charge in [0.2, 0.25) is 5.88 Å². The molecule has 5 heteroatoms. The summed E-state index contributed by atoms with van der Waals surface area (Å²) in [6.07, 6.45) is 1.67. The number of nitrogens with zero attached hydrogens (tertiary/aromatic N) is 1. The summed E-state index contributed by atoms with van der Waals surface area (Å²) in [5, 5.41) is 9.43. The van der Waals surface area contributed by atoms with Crippen LogP contribution in [0.25, 0.3) is 0 Å². The fourth-order valence-electron chi connectivity index (χ4n) is 1.36. The third-order valence-electron chi connectivity index (χ3n) is 2.25. The van der Waals surface area contributed by atoms with Crippen molar-refractivity contribution in [2.45, 2.75) is 0 Å². The molecule has 2 aromatic rings. The van der Waals surface area contributed by atoms with E-state index in [9.17, 15) is 5.02 Å². The van der Waals surface area contributed by atoms with E-state index in [4.69, 9.17) is 9.39 Å². The Morgan fingerprint density at radius 1 is 1.12 bits per heavy atom. The first-order valence-electron chi connectivity index (χ1n) is 5.19. The molecule has 2 rings (SSSR count). The second kappa shape index (κ2) is 5.47. The normalized spacial score (nSPS) is 10.0. The number of hydrogen-bond acceptors (Lipinski definition) is 4. The van der Waals surface area contributed by atoms with Gasteiger partial charge in [-0.3, -0.25) is 0 Å². The zero-order valence-electron chi connectivity index (χ0n) is 9.41. The molecule has 1 aromatic heterocycles. The molecule has 1 N–H and O–H groups in total. The molecule has 0 fully saturated rings. The van der Waals surface area contributed by atoms with Crippen LogP contribution >= 0.6 is 0 Å². The molecule has 0 aliphatic carbocycles. The summed E-state index contributed by atoms with van der Waals surface area (Å²) >= 11 is 0. The molecular formula is C12H12BNO3. The van der Waals surface area contributed by atoms with Crippen molar-refractivity contribution in [1.29, 1.82) is 0 Å². The van der Waals surface area contributed by atoms with Crippen LogP contribution in [0.5, 0.6) is 11.6 Å². The average molecular weight is 229 g/mol. The number of aromatic nitrogens is 1. The summed E-state index contributed by atoms with van der Waals surface area (Å²) in [5.74, 6) is 1.20. The Balaban J connectivity index is 2.08. The molecule has 0 aliphatic heterocycles. The third kappa shape index (κ3) is 3.06. The zero-order valence-corrected chi connectivity index (χ0v) is 9.41. The lowest BCUT2D eigenvalue weighted by molar-refractivity contribution is 0.341. The van der Waals surface area contributed by atoms with E-state index in [1.807, 2.05) is 12.1 Å². The quantitative estimate of drug-likeness (QED) is 0.800. The van der Waals surface area contributed by atoms with Crippen molar-refractivity contribution in [3.05, 3.63) is 48.7 Å². The van der Waals surface area contributed by atoms with Gasteiger partial charge in [0.15, 0.2) is 0 Å². The molecule has 0 radical (unpaired) electrons. The predicted octanol–water partition coefficient (Wildman–Crippen LogP) is 1.21. The number of rotatable bonds is 4. The van der Waals surface area contributed by atoms with E-state index in [1.165, 1.54) is 7.11 Å². The minimum atomic E-state index is -0.904. The maximum Gasteiger partial charge on any atom is 0.490 e. The van der Waals surface area contributed by atoms with Gasteiger partial charge in [-0.1, -0.05) is 18.2 Å². The van der Waals surface area contributed by atoms with Gasteiger partial charge < -0.3 is 14.4 Å². The van der Waals surface area contributed by atoms with Gasteiger partial charge in [-0.25, -0.2) is 4.98 Å². The van der Waals surface area contributed by atoms with Gasteiger partial charge in [-0.2, -0.15) is 0 Å². The van der Waals surface area contributed by atoms with E-state index in [-0.39, 0.29) is 0 Å². The molecule has 0 amide bonds. The van der Waals surface area contributed by atoms with Crippen LogP contribution in [0.4, 0.5) is 0 Å². The van der Waals surface area contributed by atoms with Gasteiger partial charge in [0.25, 0.3) is 0 Å². The first kappa shape index (κ1) is 11.6. The molecule has 4 nitrogen and oxygen atoms in total. The van der Waals surface area contributed by atoms with Crippen molar-refractivity contribution >= 4 is 12.6 Å². The second-order valence-electron chi connectivity index (χ2n) is 3.43. The summed E-state index contributed by atoms with van der Waals surface area (Å²) in [6, 6.07) is 12.4. The van der Waals surface area contributed by atoms with Gasteiger partial charge in [0, 0.05) is 19.4 Å². The lowest BCUT2D eigenvalue weighted by atomic mass is 9.80. The van der Waals surface area contributed by atoms with Crippen molar-refractivity contribution < 1.29 is 14.4 Å². The summed E-state index contributed by atoms with van der Waals surface area (Å²) in [6.45, 7) is 0. The van der Waals surface area contributed by atoms with Crippen LogP contribution in [0, 0.1) is 0 Å². The highest BCUT2D eigenvalue weighted by Gasteiger charge is 2.13. The molecule has 0 spiro atoms. The molecule has 1 aromatic carbocycles. The van der Waals surface area contributed by atoms with Crippen molar-refractivity contribution in [3.63, 3.8) is 0 Å². The van der Waals surface area contributed by atoms with E-state index in [0.29, 0.717) is 17.1 Å². The summed E-state index contributed by atoms with van der Waals surface area (Å²) < 4.78 is 10.3. The lowest BCUT2D eigenvalue weighted by Gasteiger charge is -2.06. The molecule has 0 saturated carbocycles. The monoisotopic (exact) mass is 229 g/mol. The Hall–Kier alpha value is -1.85. The number of benzene rings is 1. The van der Waals surface area contributed by atoms with Crippen LogP contribution in [0.1, 0.15) is 0 Å². The number of pyridine rings is 1. The highest BCUT2D eigenvalue weighted by atomic mass is 16.5. The molecule has 0 aliphatic rings. The van der Waals surface area contributed by atoms with Crippen molar-refractivity contribution in [3.8, 4) is 11.6 Å². The van der Waals surface area contributed by atoms with E-state index in [2.05, 4.69) is 4.98 Å². The number of hydrogen-bond donors (Lipinski definition) is 1. The standard InChI is InChI=1S/C12H12BNO3/c1-16-13(15)10-5-7-11(8-6-10)17-12-4-2-3-9-14-12/h2-9,15H,1H3. The Morgan fingerprint density at radius 3 is 2.47 bits per heavy atom. The van der Waals surface area contributed by atoms with E-state index >= 15 is 0 Å². The van der Waals surface area contributed by atoms with Crippen LogP contribution in [0.15, 0.2) is 48.7 Å². The van der Waals surface area contributed by atoms with Gasteiger partial charge in [0.05, 0.1) is 0 Å². The van der Waals surface area contributed by atoms with Crippen molar-refractivity contribution in [1.82, 2.24) is 4.98 Å². The van der Waals surface area contributed by atoms with Crippen LogP contribution in [0.2, 0.25) is 0 Å². The SMILES string of the molecule is COB(O)c1ccc(Oc2ccccn2)cc1. The van der Waals surface area contributed by atoms with E-state index < -0.39 is 7.12 Å². The first-order chi connectivity index (χ1) is 8.29. The Labute approximate surface area is 100.0 Å². The second-order valence-corrected chi connectivity index (χ2v) is 3.43. The molecule has 0 atom stereocenters. The van der Waals surface area contributed by atoms with E-state index in [1.54, 1.807) is 36.5 Å². The van der Waals surface area contributed by atoms with Gasteiger partial charge in [-0.15, -0.1) is 0 Å². The molecule has 1 heterocycles. The molecular weight excluding hydrogens is 217 g/mol. The summed E-state index contributed by atoms with van der Waals surface area (Å²) in [5.41, 5.74) is 0.681. The predicted molar refractivity (Wildman–Crippen MR) is 65.4 cm³/mol. The van der Waals surface area contributed by atoms with Crippen LogP contribution < -0.4 is 10.2 Å².